The Balaban J connectivity index is 2.12. The Hall–Kier alpha value is -1.64. The van der Waals surface area contributed by atoms with Gasteiger partial charge < -0.3 is 9.84 Å². The Kier molecular flexibility index (Phi) is 5.61. The van der Waals surface area contributed by atoms with Gasteiger partial charge in [0.25, 0.3) is 0 Å². The number of benzene rings is 1. The summed E-state index contributed by atoms with van der Waals surface area (Å²) >= 11 is 0. The molecule has 1 fully saturated rings. The molecule has 23 heavy (non-hydrogen) atoms. The van der Waals surface area contributed by atoms with E-state index in [0.717, 1.165) is 0 Å². The van der Waals surface area contributed by atoms with Crippen LogP contribution in [0.2, 0.25) is 0 Å². The first-order chi connectivity index (χ1) is 10.9. The Morgan fingerprint density at radius 2 is 1.83 bits per heavy atom. The molecule has 0 radical (unpaired) electrons. The fraction of sp³-hybridized carbons (Fsp3) is 0.533. The minimum Gasteiger partial charge on any atom is -0.497 e. The summed E-state index contributed by atoms with van der Waals surface area (Å²) in [5.41, 5.74) is 0. The number of hydrogen-bond donors (Lipinski definition) is 1. The maximum atomic E-state index is 12.7. The molecule has 0 amide bonds. The third-order valence-electron chi connectivity index (χ3n) is 4.09. The van der Waals surface area contributed by atoms with Gasteiger partial charge in [0.2, 0.25) is 10.0 Å². The van der Waals surface area contributed by atoms with Crippen LogP contribution in [0, 0.1) is 0 Å². The van der Waals surface area contributed by atoms with Gasteiger partial charge in [0, 0.05) is 26.2 Å². The first kappa shape index (κ1) is 17.7. The number of carbonyl (C=O) groups is 1. The van der Waals surface area contributed by atoms with Crippen molar-refractivity contribution >= 4 is 16.0 Å². The summed E-state index contributed by atoms with van der Waals surface area (Å²) in [4.78, 5) is 13.1. The molecule has 0 bridgehead atoms. The van der Waals surface area contributed by atoms with E-state index in [4.69, 9.17) is 9.84 Å². The van der Waals surface area contributed by atoms with Crippen LogP contribution in [0.4, 0.5) is 0 Å². The van der Waals surface area contributed by atoms with Gasteiger partial charge >= 0.3 is 5.97 Å². The molecule has 7 nitrogen and oxygen atoms in total. The van der Waals surface area contributed by atoms with Gasteiger partial charge in [0.05, 0.1) is 12.0 Å². The average molecular weight is 342 g/mol. The summed E-state index contributed by atoms with van der Waals surface area (Å²) in [5, 5.41) is 9.09. The first-order valence-electron chi connectivity index (χ1n) is 7.47. The van der Waals surface area contributed by atoms with Crippen LogP contribution in [0.3, 0.4) is 0 Å². The molecule has 0 spiro atoms. The lowest BCUT2D eigenvalue weighted by atomic mass is 10.2. The van der Waals surface area contributed by atoms with Crippen LogP contribution < -0.4 is 4.74 Å². The zero-order valence-corrected chi connectivity index (χ0v) is 14.1. The predicted molar refractivity (Wildman–Crippen MR) is 85.0 cm³/mol. The van der Waals surface area contributed by atoms with Crippen LogP contribution in [-0.4, -0.2) is 68.0 Å². The van der Waals surface area contributed by atoms with Crippen molar-refractivity contribution in [1.82, 2.24) is 9.21 Å². The van der Waals surface area contributed by atoms with Gasteiger partial charge in [0.15, 0.2) is 0 Å². The lowest BCUT2D eigenvalue weighted by Gasteiger charge is -2.24. The zero-order valence-electron chi connectivity index (χ0n) is 13.3. The van der Waals surface area contributed by atoms with Crippen molar-refractivity contribution in [2.75, 3.05) is 33.3 Å². The van der Waals surface area contributed by atoms with Gasteiger partial charge in [-0.2, -0.15) is 4.31 Å². The van der Waals surface area contributed by atoms with E-state index in [0.29, 0.717) is 31.8 Å². The van der Waals surface area contributed by atoms with Gasteiger partial charge in [-0.05, 0) is 37.6 Å². The van der Waals surface area contributed by atoms with Crippen LogP contribution in [0.15, 0.2) is 29.2 Å². The SMILES string of the molecule is COc1ccc(S(=O)(=O)N2CCCN(C(C)C(=O)O)CC2)cc1. The third kappa shape index (κ3) is 4.01. The molecule has 0 saturated carbocycles. The number of aliphatic carboxylic acids is 1. The highest BCUT2D eigenvalue weighted by Crippen LogP contribution is 2.21. The van der Waals surface area contributed by atoms with E-state index in [9.17, 15) is 13.2 Å². The summed E-state index contributed by atoms with van der Waals surface area (Å²) < 4.78 is 31.9. The van der Waals surface area contributed by atoms with Crippen molar-refractivity contribution in [3.05, 3.63) is 24.3 Å². The molecule has 1 N–H and O–H groups in total. The zero-order chi connectivity index (χ0) is 17.0. The van der Waals surface area contributed by atoms with Crippen LogP contribution >= 0.6 is 0 Å². The predicted octanol–water partition coefficient (Wildman–Crippen LogP) is 0.865. The largest absolute Gasteiger partial charge is 0.497 e. The van der Waals surface area contributed by atoms with E-state index >= 15 is 0 Å². The normalized spacial score (nSPS) is 19.0. The molecule has 8 heteroatoms. The molecule has 2 rings (SSSR count). The summed E-state index contributed by atoms with van der Waals surface area (Å²) in [6.07, 6.45) is 0.604. The van der Waals surface area contributed by atoms with Gasteiger partial charge in [-0.1, -0.05) is 0 Å². The minimum absolute atomic E-state index is 0.220. The fourth-order valence-corrected chi connectivity index (χ4v) is 4.06. The van der Waals surface area contributed by atoms with Crippen molar-refractivity contribution in [2.45, 2.75) is 24.3 Å². The molecular formula is C15H22N2O5S. The van der Waals surface area contributed by atoms with E-state index in [1.54, 1.807) is 24.0 Å². The molecular weight excluding hydrogens is 320 g/mol. The fourth-order valence-electron chi connectivity index (χ4n) is 2.59. The van der Waals surface area contributed by atoms with Gasteiger partial charge in [-0.25, -0.2) is 8.42 Å². The van der Waals surface area contributed by atoms with E-state index in [2.05, 4.69) is 0 Å². The topological polar surface area (TPSA) is 87.2 Å². The highest BCUT2D eigenvalue weighted by Gasteiger charge is 2.29. The Morgan fingerprint density at radius 1 is 1.17 bits per heavy atom. The van der Waals surface area contributed by atoms with Crippen LogP contribution in [0.25, 0.3) is 0 Å². The highest BCUT2D eigenvalue weighted by atomic mass is 32.2. The maximum Gasteiger partial charge on any atom is 0.320 e. The monoisotopic (exact) mass is 342 g/mol. The Morgan fingerprint density at radius 3 is 2.39 bits per heavy atom. The molecule has 1 atom stereocenters. The third-order valence-corrected chi connectivity index (χ3v) is 6.00. The number of nitrogens with zero attached hydrogens (tertiary/aromatic N) is 2. The highest BCUT2D eigenvalue weighted by molar-refractivity contribution is 7.89. The number of ether oxygens (including phenoxy) is 1. The molecule has 1 aliphatic heterocycles. The molecule has 1 unspecified atom stereocenters. The van der Waals surface area contributed by atoms with E-state index < -0.39 is 22.0 Å². The van der Waals surface area contributed by atoms with Gasteiger partial charge in [-0.15, -0.1) is 0 Å². The van der Waals surface area contributed by atoms with Crippen molar-refractivity contribution in [3.8, 4) is 5.75 Å². The smallest absolute Gasteiger partial charge is 0.320 e. The molecule has 128 valence electrons. The molecule has 0 aliphatic carbocycles. The molecule has 1 heterocycles. The van der Waals surface area contributed by atoms with E-state index in [-0.39, 0.29) is 11.4 Å². The van der Waals surface area contributed by atoms with E-state index in [1.165, 1.54) is 23.5 Å². The molecule has 1 aromatic rings. The second-order valence-electron chi connectivity index (χ2n) is 5.48. The summed E-state index contributed by atoms with van der Waals surface area (Å²) in [6.45, 7) is 3.27. The Bertz CT molecular complexity index is 644. The number of sulfonamides is 1. The first-order valence-corrected chi connectivity index (χ1v) is 8.91. The number of carboxylic acid groups (broad SMARTS) is 1. The van der Waals surface area contributed by atoms with Crippen LogP contribution in [-0.2, 0) is 14.8 Å². The Labute approximate surface area is 136 Å². The number of methoxy groups -OCH3 is 1. The molecule has 1 aliphatic rings. The van der Waals surface area contributed by atoms with Gasteiger partial charge in [0.1, 0.15) is 11.8 Å². The summed E-state index contributed by atoms with van der Waals surface area (Å²) in [7, 11) is -2.05. The van der Waals surface area contributed by atoms with E-state index in [1.807, 2.05) is 0 Å². The number of hydrogen-bond acceptors (Lipinski definition) is 5. The second-order valence-corrected chi connectivity index (χ2v) is 7.42. The van der Waals surface area contributed by atoms with Crippen molar-refractivity contribution in [3.63, 3.8) is 0 Å². The summed E-state index contributed by atoms with van der Waals surface area (Å²) in [6, 6.07) is 5.67. The lowest BCUT2D eigenvalue weighted by molar-refractivity contribution is -0.142. The number of carboxylic acids is 1. The van der Waals surface area contributed by atoms with Gasteiger partial charge in [-0.3, -0.25) is 9.69 Å². The maximum absolute atomic E-state index is 12.7. The lowest BCUT2D eigenvalue weighted by Crippen LogP contribution is -2.41. The van der Waals surface area contributed by atoms with Crippen molar-refractivity contribution < 1.29 is 23.1 Å². The molecule has 1 aromatic carbocycles. The van der Waals surface area contributed by atoms with Crippen molar-refractivity contribution in [1.29, 1.82) is 0 Å². The van der Waals surface area contributed by atoms with Crippen LogP contribution in [0.5, 0.6) is 5.75 Å². The molecule has 0 aromatic heterocycles. The average Bonchev–Trinajstić information content (AvgIpc) is 2.80. The number of rotatable bonds is 5. The molecule has 1 saturated heterocycles. The standard InChI is InChI=1S/C15H22N2O5S/c1-12(15(18)19)16-8-3-9-17(11-10-16)23(20,21)14-6-4-13(22-2)5-7-14/h4-7,12H,3,8-11H2,1-2H3,(H,18,19). The van der Waals surface area contributed by atoms with Crippen LogP contribution in [0.1, 0.15) is 13.3 Å². The minimum atomic E-state index is -3.58. The van der Waals surface area contributed by atoms with Crippen molar-refractivity contribution in [2.24, 2.45) is 0 Å². The summed E-state index contributed by atoms with van der Waals surface area (Å²) in [5.74, 6) is -0.294. The second kappa shape index (κ2) is 7.29. The quantitative estimate of drug-likeness (QED) is 0.854.